The van der Waals surface area contributed by atoms with Gasteiger partial charge in [0.25, 0.3) is 0 Å². The Bertz CT molecular complexity index is 659. The molecule has 1 aliphatic rings. The second kappa shape index (κ2) is 8.53. The number of allylic oxidation sites excluding steroid dienone is 2. The molecular weight excluding hydrogens is 343 g/mol. The summed E-state index contributed by atoms with van der Waals surface area (Å²) < 4.78 is 26.7. The highest BCUT2D eigenvalue weighted by atomic mass is 28.4. The van der Waals surface area contributed by atoms with Crippen LogP contribution in [0, 0.1) is 5.82 Å². The highest BCUT2D eigenvalue weighted by molar-refractivity contribution is 6.74. The molecule has 1 aromatic carbocycles. The van der Waals surface area contributed by atoms with Crippen molar-refractivity contribution in [2.24, 2.45) is 0 Å². The van der Waals surface area contributed by atoms with E-state index in [4.69, 9.17) is 9.16 Å². The fourth-order valence-corrected chi connectivity index (χ4v) is 4.20. The highest BCUT2D eigenvalue weighted by Gasteiger charge is 2.41. The van der Waals surface area contributed by atoms with Crippen LogP contribution in [0.1, 0.15) is 52.5 Å². The first-order valence-corrected chi connectivity index (χ1v) is 12.5. The molecule has 0 radical (unpaired) electrons. The Morgan fingerprint density at radius 1 is 1.23 bits per heavy atom. The fourth-order valence-electron chi connectivity index (χ4n) is 2.83. The van der Waals surface area contributed by atoms with Crippen molar-refractivity contribution in [3.05, 3.63) is 47.8 Å². The number of hydrogen-bond donors (Lipinski definition) is 0. The van der Waals surface area contributed by atoms with E-state index in [9.17, 15) is 4.39 Å². The van der Waals surface area contributed by atoms with E-state index in [1.54, 1.807) is 6.07 Å². The molecule has 0 saturated carbocycles. The van der Waals surface area contributed by atoms with E-state index in [1.807, 2.05) is 19.1 Å². The molecule has 0 aromatic heterocycles. The van der Waals surface area contributed by atoms with Crippen LogP contribution >= 0.6 is 0 Å². The molecule has 0 amide bonds. The molecule has 0 saturated heterocycles. The third-order valence-corrected chi connectivity index (χ3v) is 9.89. The summed E-state index contributed by atoms with van der Waals surface area (Å²) in [6.07, 6.45) is 11.1. The van der Waals surface area contributed by atoms with Crippen molar-refractivity contribution in [3.63, 3.8) is 0 Å². The van der Waals surface area contributed by atoms with Gasteiger partial charge in [0.1, 0.15) is 17.7 Å². The molecule has 26 heavy (non-hydrogen) atoms. The molecule has 4 heteroatoms. The number of rotatable bonds is 5. The van der Waals surface area contributed by atoms with Crippen LogP contribution in [0.3, 0.4) is 0 Å². The summed E-state index contributed by atoms with van der Waals surface area (Å²) in [6.45, 7) is 13.2. The standard InChI is InChI=1S/C22H33FO2Si/c1-7-11-17-16-18(23)14-15-19(17)24-20-12-9-8-10-13-21(20)25-26(5,6)22(2,3)4/h7,9,11-12,14-16,20-21H,8,10,13H2,1-6H3/t20-,21+/m0/s1. The summed E-state index contributed by atoms with van der Waals surface area (Å²) in [4.78, 5) is 0. The first kappa shape index (κ1) is 20.9. The van der Waals surface area contributed by atoms with Crippen molar-refractivity contribution in [2.45, 2.75) is 77.3 Å². The second-order valence-electron chi connectivity index (χ2n) is 8.54. The SMILES string of the molecule is CC=Cc1cc(F)ccc1O[C@H]1C=CCCC[C@H]1O[Si](C)(C)C(C)(C)C. The predicted molar refractivity (Wildman–Crippen MR) is 111 cm³/mol. The van der Waals surface area contributed by atoms with Gasteiger partial charge in [-0.3, -0.25) is 0 Å². The maximum atomic E-state index is 13.6. The Hall–Kier alpha value is -1.39. The zero-order valence-electron chi connectivity index (χ0n) is 17.0. The Kier molecular flexibility index (Phi) is 6.86. The largest absolute Gasteiger partial charge is 0.483 e. The topological polar surface area (TPSA) is 18.5 Å². The van der Waals surface area contributed by atoms with Crippen molar-refractivity contribution in [2.75, 3.05) is 0 Å². The minimum atomic E-state index is -1.90. The van der Waals surface area contributed by atoms with Gasteiger partial charge in [-0.05, 0) is 68.6 Å². The van der Waals surface area contributed by atoms with Crippen molar-refractivity contribution >= 4 is 14.4 Å². The van der Waals surface area contributed by atoms with E-state index in [0.29, 0.717) is 5.75 Å². The van der Waals surface area contributed by atoms with Gasteiger partial charge < -0.3 is 9.16 Å². The summed E-state index contributed by atoms with van der Waals surface area (Å²) >= 11 is 0. The van der Waals surface area contributed by atoms with E-state index in [0.717, 1.165) is 24.8 Å². The molecule has 0 aliphatic heterocycles. The first-order chi connectivity index (χ1) is 12.1. The second-order valence-corrected chi connectivity index (χ2v) is 13.3. The Balaban J connectivity index is 2.27. The molecule has 1 aliphatic carbocycles. The van der Waals surface area contributed by atoms with Crippen LogP contribution in [0.15, 0.2) is 36.4 Å². The first-order valence-electron chi connectivity index (χ1n) is 9.57. The number of halogens is 1. The molecule has 2 atom stereocenters. The third-order valence-electron chi connectivity index (χ3n) is 5.38. The smallest absolute Gasteiger partial charge is 0.192 e. The molecule has 2 nitrogen and oxygen atoms in total. The van der Waals surface area contributed by atoms with Crippen molar-refractivity contribution in [1.82, 2.24) is 0 Å². The lowest BCUT2D eigenvalue weighted by atomic mass is 10.1. The number of benzene rings is 1. The molecule has 0 unspecified atom stereocenters. The molecule has 0 heterocycles. The van der Waals surface area contributed by atoms with Gasteiger partial charge in [-0.2, -0.15) is 0 Å². The fraction of sp³-hybridized carbons (Fsp3) is 0.545. The molecule has 0 N–H and O–H groups in total. The van der Waals surface area contributed by atoms with Crippen LogP contribution in [-0.4, -0.2) is 20.5 Å². The van der Waals surface area contributed by atoms with Gasteiger partial charge in [-0.25, -0.2) is 4.39 Å². The van der Waals surface area contributed by atoms with Crippen LogP contribution in [0.2, 0.25) is 18.1 Å². The van der Waals surface area contributed by atoms with E-state index in [2.05, 4.69) is 46.0 Å². The minimum absolute atomic E-state index is 0.0261. The van der Waals surface area contributed by atoms with Gasteiger partial charge in [0.2, 0.25) is 0 Å². The normalized spacial score (nSPS) is 21.8. The van der Waals surface area contributed by atoms with Gasteiger partial charge >= 0.3 is 0 Å². The van der Waals surface area contributed by atoms with Crippen molar-refractivity contribution in [1.29, 1.82) is 0 Å². The predicted octanol–water partition coefficient (Wildman–Crippen LogP) is 6.74. The van der Waals surface area contributed by atoms with Gasteiger partial charge in [0.05, 0.1) is 6.10 Å². The summed E-state index contributed by atoms with van der Waals surface area (Å²) in [5.74, 6) is 0.445. The van der Waals surface area contributed by atoms with E-state index >= 15 is 0 Å². The Morgan fingerprint density at radius 3 is 2.62 bits per heavy atom. The summed E-state index contributed by atoms with van der Waals surface area (Å²) in [7, 11) is -1.90. The summed E-state index contributed by atoms with van der Waals surface area (Å²) in [5, 5.41) is 0.152. The van der Waals surface area contributed by atoms with E-state index in [1.165, 1.54) is 12.1 Å². The molecule has 0 bridgehead atoms. The molecule has 0 fully saturated rings. The lowest BCUT2D eigenvalue weighted by Gasteiger charge is -2.40. The molecular formula is C22H33FO2Si. The van der Waals surface area contributed by atoms with Crippen LogP contribution in [0.5, 0.6) is 5.75 Å². The van der Waals surface area contributed by atoms with Crippen LogP contribution in [-0.2, 0) is 4.43 Å². The van der Waals surface area contributed by atoms with Gasteiger partial charge in [-0.15, -0.1) is 0 Å². The average molecular weight is 377 g/mol. The van der Waals surface area contributed by atoms with Gasteiger partial charge in [0, 0.05) is 5.56 Å². The zero-order chi connectivity index (χ0) is 19.4. The van der Waals surface area contributed by atoms with Crippen LogP contribution in [0.4, 0.5) is 4.39 Å². The molecule has 1 aromatic rings. The number of ether oxygens (including phenoxy) is 1. The molecule has 144 valence electrons. The summed E-state index contributed by atoms with van der Waals surface area (Å²) in [6, 6.07) is 4.68. The van der Waals surface area contributed by atoms with E-state index < -0.39 is 8.32 Å². The monoisotopic (exact) mass is 376 g/mol. The maximum absolute atomic E-state index is 13.6. The average Bonchev–Trinajstić information content (AvgIpc) is 2.74. The van der Waals surface area contributed by atoms with Gasteiger partial charge in [-0.1, -0.05) is 39.0 Å². The Morgan fingerprint density at radius 2 is 1.96 bits per heavy atom. The summed E-state index contributed by atoms with van der Waals surface area (Å²) in [5.41, 5.74) is 0.760. The third kappa shape index (κ3) is 5.30. The minimum Gasteiger partial charge on any atom is -0.483 e. The van der Waals surface area contributed by atoms with Crippen molar-refractivity contribution in [3.8, 4) is 5.75 Å². The quantitative estimate of drug-likeness (QED) is 0.418. The molecule has 0 spiro atoms. The van der Waals surface area contributed by atoms with Crippen molar-refractivity contribution < 1.29 is 13.6 Å². The zero-order valence-corrected chi connectivity index (χ0v) is 18.0. The van der Waals surface area contributed by atoms with Crippen LogP contribution < -0.4 is 4.74 Å². The Labute approximate surface area is 159 Å². The van der Waals surface area contributed by atoms with E-state index in [-0.39, 0.29) is 23.1 Å². The lowest BCUT2D eigenvalue weighted by molar-refractivity contribution is 0.0668. The van der Waals surface area contributed by atoms with Gasteiger partial charge in [0.15, 0.2) is 8.32 Å². The highest BCUT2D eigenvalue weighted by Crippen LogP contribution is 2.39. The van der Waals surface area contributed by atoms with Crippen LogP contribution in [0.25, 0.3) is 6.08 Å². The molecule has 2 rings (SSSR count). The lowest BCUT2D eigenvalue weighted by Crippen LogP contribution is -2.47. The number of hydrogen-bond acceptors (Lipinski definition) is 2. The maximum Gasteiger partial charge on any atom is 0.192 e.